The molecule has 0 radical (unpaired) electrons. The Morgan fingerprint density at radius 2 is 1.79 bits per heavy atom. The molecule has 7 heteroatoms. The van der Waals surface area contributed by atoms with Crippen molar-refractivity contribution in [3.63, 3.8) is 0 Å². The van der Waals surface area contributed by atoms with Gasteiger partial charge in [0.25, 0.3) is 0 Å². The average molecular weight is 375 g/mol. The zero-order chi connectivity index (χ0) is 17.1. The Labute approximate surface area is 151 Å². The van der Waals surface area contributed by atoms with E-state index in [4.69, 9.17) is 0 Å². The lowest BCUT2D eigenvalue weighted by Crippen LogP contribution is -2.57. The van der Waals surface area contributed by atoms with Crippen molar-refractivity contribution < 1.29 is 13.2 Å². The highest BCUT2D eigenvalue weighted by atomic mass is 35.5. The van der Waals surface area contributed by atoms with Crippen LogP contribution in [0.3, 0.4) is 0 Å². The Morgan fingerprint density at radius 3 is 2.29 bits per heavy atom. The predicted octanol–water partition coefficient (Wildman–Crippen LogP) is 1.84. The van der Waals surface area contributed by atoms with Crippen LogP contribution in [-0.4, -0.2) is 56.9 Å². The van der Waals surface area contributed by atoms with E-state index in [9.17, 15) is 13.2 Å². The van der Waals surface area contributed by atoms with Crippen LogP contribution in [-0.2, 0) is 14.6 Å². The first-order chi connectivity index (χ1) is 10.8. The van der Waals surface area contributed by atoms with Crippen LogP contribution in [0.5, 0.6) is 0 Å². The van der Waals surface area contributed by atoms with Crippen LogP contribution in [0, 0.1) is 0 Å². The summed E-state index contributed by atoms with van der Waals surface area (Å²) in [5, 5.41) is 3.14. The summed E-state index contributed by atoms with van der Waals surface area (Å²) in [5.74, 6) is -0.118. The molecule has 1 fully saturated rings. The maximum atomic E-state index is 13.0. The van der Waals surface area contributed by atoms with E-state index in [0.717, 1.165) is 5.56 Å². The summed E-state index contributed by atoms with van der Waals surface area (Å²) in [6.45, 7) is 3.67. The molecule has 1 amide bonds. The van der Waals surface area contributed by atoms with E-state index in [-0.39, 0.29) is 24.2 Å². The highest BCUT2D eigenvalue weighted by Crippen LogP contribution is 2.30. The molecule has 0 spiro atoms. The molecular formula is C17H27ClN2O3S. The number of hydrogen-bond acceptors (Lipinski definition) is 4. The Balaban J connectivity index is 0.00000288. The lowest BCUT2D eigenvalue weighted by molar-refractivity contribution is -0.133. The second-order valence-electron chi connectivity index (χ2n) is 6.51. The smallest absolute Gasteiger partial charge is 0.243 e. The molecule has 1 aromatic rings. The van der Waals surface area contributed by atoms with E-state index >= 15 is 0 Å². The molecule has 2 rings (SSSR count). The Hall–Kier alpha value is -1.11. The SMILES string of the molecule is CC(CN(C)C(=O)C1(S(C)(=O)=O)CCNCC1)c1ccccc1.Cl. The molecule has 136 valence electrons. The normalized spacial score (nSPS) is 18.3. The number of hydrogen-bond donors (Lipinski definition) is 1. The molecule has 1 aromatic carbocycles. The lowest BCUT2D eigenvalue weighted by Gasteiger charge is -2.38. The van der Waals surface area contributed by atoms with Crippen LogP contribution in [0.2, 0.25) is 0 Å². The number of carbonyl (C=O) groups is 1. The van der Waals surface area contributed by atoms with Gasteiger partial charge in [0.1, 0.15) is 0 Å². The van der Waals surface area contributed by atoms with Crippen LogP contribution in [0.4, 0.5) is 0 Å². The van der Waals surface area contributed by atoms with Gasteiger partial charge >= 0.3 is 0 Å². The molecule has 1 aliphatic rings. The van der Waals surface area contributed by atoms with E-state index in [1.54, 1.807) is 11.9 Å². The second-order valence-corrected chi connectivity index (χ2v) is 8.84. The monoisotopic (exact) mass is 374 g/mol. The fourth-order valence-corrected chi connectivity index (χ4v) is 4.72. The molecule has 5 nitrogen and oxygen atoms in total. The summed E-state index contributed by atoms with van der Waals surface area (Å²) in [5.41, 5.74) is 1.14. The first kappa shape index (κ1) is 20.9. The Morgan fingerprint density at radius 1 is 1.25 bits per heavy atom. The number of rotatable bonds is 5. The van der Waals surface area contributed by atoms with E-state index in [1.165, 1.54) is 6.26 Å². The summed E-state index contributed by atoms with van der Waals surface area (Å²) in [7, 11) is -1.76. The van der Waals surface area contributed by atoms with Gasteiger partial charge in [-0.2, -0.15) is 0 Å². The van der Waals surface area contributed by atoms with Crippen LogP contribution in [0.1, 0.15) is 31.2 Å². The first-order valence-corrected chi connectivity index (χ1v) is 9.88. The van der Waals surface area contributed by atoms with Gasteiger partial charge < -0.3 is 10.2 Å². The number of benzene rings is 1. The van der Waals surface area contributed by atoms with Crippen LogP contribution < -0.4 is 5.32 Å². The summed E-state index contributed by atoms with van der Waals surface area (Å²) in [6, 6.07) is 9.95. The predicted molar refractivity (Wildman–Crippen MR) is 99.4 cm³/mol. The van der Waals surface area contributed by atoms with Crippen molar-refractivity contribution in [1.82, 2.24) is 10.2 Å². The van der Waals surface area contributed by atoms with E-state index in [2.05, 4.69) is 12.2 Å². The molecule has 1 atom stereocenters. The molecule has 24 heavy (non-hydrogen) atoms. The molecular weight excluding hydrogens is 348 g/mol. The van der Waals surface area contributed by atoms with Crippen molar-refractivity contribution in [1.29, 1.82) is 0 Å². The number of halogens is 1. The van der Waals surface area contributed by atoms with Gasteiger partial charge in [-0.1, -0.05) is 37.3 Å². The Bertz CT molecular complexity index is 643. The third-order valence-electron chi connectivity index (χ3n) is 4.77. The third-order valence-corrected chi connectivity index (χ3v) is 6.78. The largest absolute Gasteiger partial charge is 0.344 e. The minimum absolute atomic E-state index is 0. The van der Waals surface area contributed by atoms with Crippen LogP contribution in [0.25, 0.3) is 0 Å². The number of piperidine rings is 1. The zero-order valence-electron chi connectivity index (χ0n) is 14.5. The Kier molecular flexibility index (Phi) is 7.25. The average Bonchev–Trinajstić information content (AvgIpc) is 2.54. The summed E-state index contributed by atoms with van der Waals surface area (Å²) >= 11 is 0. The van der Waals surface area contributed by atoms with Gasteiger partial charge in [0, 0.05) is 19.8 Å². The van der Waals surface area contributed by atoms with Gasteiger partial charge in [-0.15, -0.1) is 12.4 Å². The molecule has 0 aliphatic carbocycles. The number of nitrogens with zero attached hydrogens (tertiary/aromatic N) is 1. The number of carbonyl (C=O) groups excluding carboxylic acids is 1. The van der Waals surface area contributed by atoms with Crippen LogP contribution >= 0.6 is 12.4 Å². The van der Waals surface area contributed by atoms with E-state index < -0.39 is 14.6 Å². The first-order valence-electron chi connectivity index (χ1n) is 7.99. The number of sulfone groups is 1. The molecule has 0 bridgehead atoms. The summed E-state index contributed by atoms with van der Waals surface area (Å²) < 4.78 is 23.4. The van der Waals surface area contributed by atoms with Crippen molar-refractivity contribution in [2.24, 2.45) is 0 Å². The third kappa shape index (κ3) is 4.29. The van der Waals surface area contributed by atoms with Gasteiger partial charge in [-0.25, -0.2) is 8.42 Å². The van der Waals surface area contributed by atoms with Crippen molar-refractivity contribution in [3.05, 3.63) is 35.9 Å². The zero-order valence-corrected chi connectivity index (χ0v) is 16.1. The summed E-state index contributed by atoms with van der Waals surface area (Å²) in [4.78, 5) is 14.5. The number of nitrogens with one attached hydrogen (secondary N) is 1. The fraction of sp³-hybridized carbons (Fsp3) is 0.588. The number of likely N-dealkylation sites (N-methyl/N-ethyl adjacent to an activating group) is 1. The van der Waals surface area contributed by atoms with Crippen molar-refractivity contribution in [2.45, 2.75) is 30.4 Å². The van der Waals surface area contributed by atoms with Gasteiger partial charge in [-0.05, 0) is 37.4 Å². The maximum Gasteiger partial charge on any atom is 0.243 e. The standard InChI is InChI=1S/C17H26N2O3S.ClH/c1-14(15-7-5-4-6-8-15)13-19(2)16(20)17(23(3,21)22)9-11-18-12-10-17;/h4-8,14,18H,9-13H2,1-3H3;1H. The minimum Gasteiger partial charge on any atom is -0.344 e. The molecule has 1 unspecified atom stereocenters. The molecule has 1 saturated heterocycles. The molecule has 0 saturated carbocycles. The van der Waals surface area contributed by atoms with Gasteiger partial charge in [0.2, 0.25) is 5.91 Å². The molecule has 0 aromatic heterocycles. The summed E-state index contributed by atoms with van der Waals surface area (Å²) in [6.07, 6.45) is 1.87. The lowest BCUT2D eigenvalue weighted by atomic mass is 9.94. The number of amides is 1. The van der Waals surface area contributed by atoms with E-state index in [0.29, 0.717) is 32.5 Å². The van der Waals surface area contributed by atoms with Crippen molar-refractivity contribution in [2.75, 3.05) is 32.9 Å². The maximum absolute atomic E-state index is 13.0. The van der Waals surface area contributed by atoms with Crippen LogP contribution in [0.15, 0.2) is 30.3 Å². The minimum atomic E-state index is -3.46. The highest BCUT2D eigenvalue weighted by Gasteiger charge is 2.49. The second kappa shape index (κ2) is 8.32. The molecule has 1 N–H and O–H groups in total. The highest BCUT2D eigenvalue weighted by molar-refractivity contribution is 7.92. The van der Waals surface area contributed by atoms with Gasteiger partial charge in [0.15, 0.2) is 14.6 Å². The van der Waals surface area contributed by atoms with Crippen molar-refractivity contribution >= 4 is 28.2 Å². The van der Waals surface area contributed by atoms with E-state index in [1.807, 2.05) is 30.3 Å². The van der Waals surface area contributed by atoms with Crippen molar-refractivity contribution in [3.8, 4) is 0 Å². The molecule has 1 aliphatic heterocycles. The fourth-order valence-electron chi connectivity index (χ4n) is 3.30. The van der Waals surface area contributed by atoms with Gasteiger partial charge in [-0.3, -0.25) is 4.79 Å². The molecule has 1 heterocycles. The topological polar surface area (TPSA) is 66.5 Å². The van der Waals surface area contributed by atoms with Gasteiger partial charge in [0.05, 0.1) is 0 Å². The quantitative estimate of drug-likeness (QED) is 0.853.